The first-order valence-electron chi connectivity index (χ1n) is 12.5. The van der Waals surface area contributed by atoms with Gasteiger partial charge >= 0.3 is 0 Å². The zero-order valence-electron chi connectivity index (χ0n) is 21.0. The van der Waals surface area contributed by atoms with E-state index >= 15 is 0 Å². The summed E-state index contributed by atoms with van der Waals surface area (Å²) in [6.45, 7) is 6.86. The van der Waals surface area contributed by atoms with E-state index in [0.29, 0.717) is 0 Å². The van der Waals surface area contributed by atoms with Gasteiger partial charge < -0.3 is 0 Å². The summed E-state index contributed by atoms with van der Waals surface area (Å²) < 4.78 is 2.61. The molecule has 176 valence electrons. The topological polar surface area (TPSA) is 12.9 Å². The Hall–Kier alpha value is -3.75. The van der Waals surface area contributed by atoms with Gasteiger partial charge in [0.15, 0.2) is 0 Å². The molecule has 36 heavy (non-hydrogen) atoms. The van der Waals surface area contributed by atoms with E-state index in [1.54, 1.807) is 0 Å². The van der Waals surface area contributed by atoms with Gasteiger partial charge in [-0.25, -0.2) is 0 Å². The van der Waals surface area contributed by atoms with Crippen LogP contribution in [-0.4, -0.2) is 4.98 Å². The summed E-state index contributed by atoms with van der Waals surface area (Å²) in [5, 5.41) is 2.63. The average Bonchev–Trinajstić information content (AvgIpc) is 3.27. The lowest BCUT2D eigenvalue weighted by atomic mass is 9.88. The molecule has 2 heterocycles. The smallest absolute Gasteiger partial charge is 0.0719 e. The predicted molar refractivity (Wildman–Crippen MR) is 157 cm³/mol. The van der Waals surface area contributed by atoms with E-state index in [1.807, 2.05) is 17.5 Å². The Kier molecular flexibility index (Phi) is 5.70. The maximum atomic E-state index is 4.83. The molecule has 0 aliphatic heterocycles. The van der Waals surface area contributed by atoms with Gasteiger partial charge in [-0.15, -0.1) is 11.3 Å². The number of benzene rings is 4. The molecule has 6 aromatic rings. The summed E-state index contributed by atoms with van der Waals surface area (Å²) in [5.74, 6) is 0. The maximum Gasteiger partial charge on any atom is 0.0719 e. The highest BCUT2D eigenvalue weighted by Gasteiger charge is 2.18. The number of hydrogen-bond acceptors (Lipinski definition) is 2. The number of pyridine rings is 1. The average molecular weight is 484 g/mol. The van der Waals surface area contributed by atoms with E-state index in [0.717, 1.165) is 12.1 Å². The molecule has 2 heteroatoms. The van der Waals surface area contributed by atoms with Crippen LogP contribution < -0.4 is 0 Å². The van der Waals surface area contributed by atoms with Gasteiger partial charge in [0.05, 0.1) is 5.69 Å². The van der Waals surface area contributed by atoms with Crippen LogP contribution in [0.4, 0.5) is 0 Å². The minimum absolute atomic E-state index is 0.233. The van der Waals surface area contributed by atoms with E-state index < -0.39 is 0 Å². The first kappa shape index (κ1) is 22.7. The Balaban J connectivity index is 1.61. The normalized spacial score (nSPS) is 11.9. The van der Waals surface area contributed by atoms with Gasteiger partial charge in [0.2, 0.25) is 0 Å². The van der Waals surface area contributed by atoms with E-state index in [9.17, 15) is 0 Å². The Bertz CT molecular complexity index is 1670. The van der Waals surface area contributed by atoms with E-state index in [4.69, 9.17) is 4.98 Å². The molecule has 4 aromatic carbocycles. The van der Waals surface area contributed by atoms with Crippen molar-refractivity contribution in [1.29, 1.82) is 0 Å². The van der Waals surface area contributed by atoms with Crippen LogP contribution in [0.25, 0.3) is 53.7 Å². The first-order chi connectivity index (χ1) is 17.5. The zero-order chi connectivity index (χ0) is 24.7. The van der Waals surface area contributed by atoms with Crippen molar-refractivity contribution in [1.82, 2.24) is 4.98 Å². The maximum absolute atomic E-state index is 4.83. The highest BCUT2D eigenvalue weighted by Crippen LogP contribution is 2.45. The lowest BCUT2D eigenvalue weighted by molar-refractivity contribution is 0.411. The molecule has 0 saturated heterocycles. The first-order valence-corrected chi connectivity index (χ1v) is 13.3. The predicted octanol–water partition coefficient (Wildman–Crippen LogP) is 10.0. The van der Waals surface area contributed by atoms with Gasteiger partial charge in [-0.3, -0.25) is 4.98 Å². The number of fused-ring (bicyclic) bond motifs is 3. The second-order valence-corrected chi connectivity index (χ2v) is 11.7. The van der Waals surface area contributed by atoms with Crippen LogP contribution >= 0.6 is 11.3 Å². The molecule has 0 spiro atoms. The summed E-state index contributed by atoms with van der Waals surface area (Å²) in [5.41, 5.74) is 8.84. The van der Waals surface area contributed by atoms with Crippen molar-refractivity contribution in [3.8, 4) is 33.5 Å². The van der Waals surface area contributed by atoms with Crippen LogP contribution in [0.2, 0.25) is 0 Å². The van der Waals surface area contributed by atoms with Crippen molar-refractivity contribution in [3.05, 3.63) is 115 Å². The number of rotatable bonds is 4. The van der Waals surface area contributed by atoms with E-state index in [-0.39, 0.29) is 5.41 Å². The van der Waals surface area contributed by atoms with Crippen molar-refractivity contribution in [3.63, 3.8) is 0 Å². The third-order valence-electron chi connectivity index (χ3n) is 6.65. The fourth-order valence-electron chi connectivity index (χ4n) is 5.09. The molecule has 0 aliphatic carbocycles. The third-order valence-corrected chi connectivity index (χ3v) is 7.85. The Morgan fingerprint density at radius 3 is 2.08 bits per heavy atom. The van der Waals surface area contributed by atoms with Crippen molar-refractivity contribution in [2.24, 2.45) is 5.41 Å². The number of aromatic nitrogens is 1. The molecule has 0 amide bonds. The lowest BCUT2D eigenvalue weighted by Gasteiger charge is -2.18. The van der Waals surface area contributed by atoms with Crippen molar-refractivity contribution in [2.75, 3.05) is 0 Å². The van der Waals surface area contributed by atoms with Gasteiger partial charge in [-0.1, -0.05) is 99.6 Å². The van der Waals surface area contributed by atoms with Crippen LogP contribution in [0, 0.1) is 5.41 Å². The monoisotopic (exact) mass is 483 g/mol. The SMILES string of the molecule is CC(C)(C)Cc1ccnc(-c2ccc(-c3ccccc3)c3c2sc2ccc(-c4ccccc4)cc23)c1. The molecule has 0 radical (unpaired) electrons. The highest BCUT2D eigenvalue weighted by atomic mass is 32.1. The number of nitrogens with zero attached hydrogens (tertiary/aromatic N) is 1. The molecule has 0 atom stereocenters. The van der Waals surface area contributed by atoms with Crippen molar-refractivity contribution in [2.45, 2.75) is 27.2 Å². The molecule has 6 rings (SSSR count). The molecular formula is C34H29NS. The fraction of sp³-hybridized carbons (Fsp3) is 0.147. The number of thiophene rings is 1. The Labute approximate surface area is 217 Å². The molecule has 0 fully saturated rings. The molecule has 2 aromatic heterocycles. The van der Waals surface area contributed by atoms with Gasteiger partial charge in [0.25, 0.3) is 0 Å². The van der Waals surface area contributed by atoms with Crippen molar-refractivity contribution >= 4 is 31.5 Å². The Morgan fingerprint density at radius 1 is 0.667 bits per heavy atom. The molecule has 0 N–H and O–H groups in total. The molecule has 0 unspecified atom stereocenters. The second-order valence-electron chi connectivity index (χ2n) is 10.7. The second kappa shape index (κ2) is 9.04. The molecule has 0 bridgehead atoms. The molecular weight excluding hydrogens is 454 g/mol. The summed E-state index contributed by atoms with van der Waals surface area (Å²) in [7, 11) is 0. The third kappa shape index (κ3) is 4.34. The standard InChI is InChI=1S/C34H29NS/c1-34(2,3)22-23-18-19-35-30(20-23)28-16-15-27(25-12-8-5-9-13-25)32-29-21-26(24-10-6-4-7-11-24)14-17-31(29)36-33(28)32/h4-21H,22H2,1-3H3. The molecule has 1 nitrogen and oxygen atoms in total. The summed E-state index contributed by atoms with van der Waals surface area (Å²) in [4.78, 5) is 4.83. The zero-order valence-corrected chi connectivity index (χ0v) is 21.8. The van der Waals surface area contributed by atoms with E-state index in [1.165, 1.54) is 53.6 Å². The number of hydrogen-bond donors (Lipinski definition) is 0. The fourth-order valence-corrected chi connectivity index (χ4v) is 6.33. The Morgan fingerprint density at radius 2 is 1.36 bits per heavy atom. The van der Waals surface area contributed by atoms with Gasteiger partial charge in [-0.2, -0.15) is 0 Å². The summed E-state index contributed by atoms with van der Waals surface area (Å²) >= 11 is 1.87. The van der Waals surface area contributed by atoms with Gasteiger partial charge in [0.1, 0.15) is 0 Å². The minimum atomic E-state index is 0.233. The lowest BCUT2D eigenvalue weighted by Crippen LogP contribution is -2.09. The van der Waals surface area contributed by atoms with Crippen LogP contribution in [-0.2, 0) is 6.42 Å². The van der Waals surface area contributed by atoms with Gasteiger partial charge in [-0.05, 0) is 63.9 Å². The van der Waals surface area contributed by atoms with Crippen LogP contribution in [0.5, 0.6) is 0 Å². The van der Waals surface area contributed by atoms with Gasteiger partial charge in [0, 0.05) is 31.9 Å². The quantitative estimate of drug-likeness (QED) is 0.243. The van der Waals surface area contributed by atoms with E-state index in [2.05, 4.69) is 124 Å². The van der Waals surface area contributed by atoms with Crippen LogP contribution in [0.3, 0.4) is 0 Å². The van der Waals surface area contributed by atoms with Crippen molar-refractivity contribution < 1.29 is 0 Å². The summed E-state index contributed by atoms with van der Waals surface area (Å²) in [6.07, 6.45) is 2.99. The summed E-state index contributed by atoms with van der Waals surface area (Å²) in [6, 6.07) is 37.3. The highest BCUT2D eigenvalue weighted by molar-refractivity contribution is 7.26. The minimum Gasteiger partial charge on any atom is -0.256 e. The molecule has 0 aliphatic rings. The molecule has 0 saturated carbocycles. The largest absolute Gasteiger partial charge is 0.256 e. The van der Waals surface area contributed by atoms with Crippen LogP contribution in [0.15, 0.2) is 109 Å². The van der Waals surface area contributed by atoms with Crippen LogP contribution in [0.1, 0.15) is 26.3 Å².